The Labute approximate surface area is 175 Å². The van der Waals surface area contributed by atoms with E-state index >= 15 is 0 Å². The molecule has 0 spiro atoms. The second kappa shape index (κ2) is 8.19. The minimum atomic E-state index is -4.71. The largest absolute Gasteiger partial charge is 0.280 e. The molecule has 12 heteroatoms. The van der Waals surface area contributed by atoms with E-state index in [9.17, 15) is 34.4 Å². The third kappa shape index (κ3) is 4.80. The number of sulfonamides is 2. The number of anilines is 2. The highest BCUT2D eigenvalue weighted by atomic mass is 32.2. The van der Waals surface area contributed by atoms with Crippen molar-refractivity contribution < 1.29 is 34.4 Å². The quantitative estimate of drug-likeness (QED) is 0.415. The molecular weight excluding hydrogens is 460 g/mol. The minimum absolute atomic E-state index is 0.0654. The van der Waals surface area contributed by atoms with Crippen LogP contribution in [0.5, 0.6) is 0 Å². The maximum Gasteiger partial charge on any atom is 0.264 e. The molecule has 0 saturated heterocycles. The summed E-state index contributed by atoms with van der Waals surface area (Å²) in [6.45, 7) is 1.45. The lowest BCUT2D eigenvalue weighted by Gasteiger charge is -2.14. The van der Waals surface area contributed by atoms with E-state index in [0.29, 0.717) is 12.1 Å². The van der Waals surface area contributed by atoms with Gasteiger partial charge in [0, 0.05) is 5.69 Å². The monoisotopic (exact) mass is 474 g/mol. The van der Waals surface area contributed by atoms with Crippen molar-refractivity contribution in [1.29, 1.82) is 0 Å². The molecule has 2 N–H and O–H groups in total. The van der Waals surface area contributed by atoms with E-state index in [4.69, 9.17) is 0 Å². The number of benzene rings is 3. The summed E-state index contributed by atoms with van der Waals surface area (Å²) in [6, 6.07) is 8.94. The molecule has 0 aliphatic carbocycles. The van der Waals surface area contributed by atoms with Crippen LogP contribution in [-0.4, -0.2) is 16.8 Å². The smallest absolute Gasteiger partial charge is 0.264 e. The van der Waals surface area contributed by atoms with Gasteiger partial charge in [0.15, 0.2) is 17.5 Å². The van der Waals surface area contributed by atoms with E-state index in [1.165, 1.54) is 31.2 Å². The summed E-state index contributed by atoms with van der Waals surface area (Å²) < 4.78 is 108. The van der Waals surface area contributed by atoms with E-state index in [1.807, 2.05) is 4.72 Å². The maximum absolute atomic E-state index is 13.9. The molecule has 3 aromatic rings. The third-order valence-corrected chi connectivity index (χ3v) is 7.04. The molecule has 0 saturated carbocycles. The first-order valence-corrected chi connectivity index (χ1v) is 11.4. The second-order valence-corrected chi connectivity index (χ2v) is 9.67. The van der Waals surface area contributed by atoms with E-state index in [0.717, 1.165) is 18.2 Å². The van der Waals surface area contributed by atoms with Gasteiger partial charge in [-0.15, -0.1) is 0 Å². The number of nitrogens with one attached hydrogen (secondary N) is 2. The minimum Gasteiger partial charge on any atom is -0.280 e. The standard InChI is InChI=1S/C19H14F4N2O4S2/c1-11-2-5-14(25-30(26,27)16-9-8-15(21)18(22)19(16)23)10-17(11)31(28,29)24-13-6-3-12(20)4-7-13/h2-10,24-25H,1H3. The zero-order valence-corrected chi connectivity index (χ0v) is 17.3. The highest BCUT2D eigenvalue weighted by Gasteiger charge is 2.25. The number of hydrogen-bond acceptors (Lipinski definition) is 4. The summed E-state index contributed by atoms with van der Waals surface area (Å²) in [5.74, 6) is -6.00. The Morgan fingerprint density at radius 3 is 1.84 bits per heavy atom. The first-order chi connectivity index (χ1) is 14.4. The van der Waals surface area contributed by atoms with Crippen molar-refractivity contribution in [2.45, 2.75) is 16.7 Å². The topological polar surface area (TPSA) is 92.3 Å². The van der Waals surface area contributed by atoms with Gasteiger partial charge < -0.3 is 0 Å². The highest BCUT2D eigenvalue weighted by Crippen LogP contribution is 2.26. The molecule has 0 bridgehead atoms. The average Bonchev–Trinajstić information content (AvgIpc) is 2.68. The molecule has 0 aromatic heterocycles. The molecule has 0 fully saturated rings. The fraction of sp³-hybridized carbons (Fsp3) is 0.0526. The number of aryl methyl sites for hydroxylation is 1. The SMILES string of the molecule is Cc1ccc(NS(=O)(=O)c2ccc(F)c(F)c2F)cc1S(=O)(=O)Nc1ccc(F)cc1. The normalized spacial score (nSPS) is 11.9. The number of halogens is 4. The summed E-state index contributed by atoms with van der Waals surface area (Å²) in [5, 5.41) is 0. The molecule has 0 unspecified atom stereocenters. The van der Waals surface area contributed by atoms with E-state index in [-0.39, 0.29) is 21.8 Å². The zero-order valence-electron chi connectivity index (χ0n) is 15.7. The Balaban J connectivity index is 1.95. The predicted octanol–water partition coefficient (Wildman–Crippen LogP) is 4.15. The number of hydrogen-bond donors (Lipinski definition) is 2. The first-order valence-electron chi connectivity index (χ1n) is 8.46. The van der Waals surface area contributed by atoms with Crippen molar-refractivity contribution in [3.63, 3.8) is 0 Å². The second-order valence-electron chi connectivity index (χ2n) is 6.37. The van der Waals surface area contributed by atoms with E-state index in [2.05, 4.69) is 4.72 Å². The molecular formula is C19H14F4N2O4S2. The summed E-state index contributed by atoms with van der Waals surface area (Å²) in [5.41, 5.74) is 0.0430. The van der Waals surface area contributed by atoms with Gasteiger partial charge in [0.1, 0.15) is 10.7 Å². The van der Waals surface area contributed by atoms with Gasteiger partial charge >= 0.3 is 0 Å². The van der Waals surface area contributed by atoms with E-state index in [1.54, 1.807) is 0 Å². The zero-order chi connectivity index (χ0) is 23.0. The van der Waals surface area contributed by atoms with Crippen molar-refractivity contribution in [3.05, 3.63) is 83.4 Å². The number of rotatable bonds is 6. The Hall–Kier alpha value is -3.12. The van der Waals surface area contributed by atoms with Crippen LogP contribution < -0.4 is 9.44 Å². The molecule has 0 amide bonds. The lowest BCUT2D eigenvalue weighted by molar-refractivity contribution is 0.432. The molecule has 31 heavy (non-hydrogen) atoms. The Bertz CT molecular complexity index is 1360. The summed E-state index contributed by atoms with van der Waals surface area (Å²) in [4.78, 5) is -1.47. The molecule has 0 atom stereocenters. The van der Waals surface area contributed by atoms with Crippen LogP contribution in [0.3, 0.4) is 0 Å². The summed E-state index contributed by atoms with van der Waals surface area (Å²) >= 11 is 0. The fourth-order valence-electron chi connectivity index (χ4n) is 2.61. The molecule has 0 heterocycles. The van der Waals surface area contributed by atoms with Gasteiger partial charge in [-0.2, -0.15) is 0 Å². The van der Waals surface area contributed by atoms with Gasteiger partial charge in [-0.1, -0.05) is 6.07 Å². The Morgan fingerprint density at radius 1 is 0.645 bits per heavy atom. The lowest BCUT2D eigenvalue weighted by atomic mass is 10.2. The van der Waals surface area contributed by atoms with Crippen LogP contribution in [-0.2, 0) is 20.0 Å². The van der Waals surface area contributed by atoms with Crippen LogP contribution in [0, 0.1) is 30.2 Å². The fourth-order valence-corrected chi connectivity index (χ4v) is 5.06. The molecule has 0 aliphatic heterocycles. The van der Waals surface area contributed by atoms with Crippen molar-refractivity contribution in [1.82, 2.24) is 0 Å². The summed E-state index contributed by atoms with van der Waals surface area (Å²) in [6.07, 6.45) is 0. The van der Waals surface area contributed by atoms with Crippen molar-refractivity contribution in [3.8, 4) is 0 Å². The van der Waals surface area contributed by atoms with Gasteiger partial charge in [-0.05, 0) is 61.0 Å². The molecule has 0 radical (unpaired) electrons. The van der Waals surface area contributed by atoms with Crippen LogP contribution in [0.2, 0.25) is 0 Å². The van der Waals surface area contributed by atoms with Crippen molar-refractivity contribution >= 4 is 31.4 Å². The average molecular weight is 474 g/mol. The first kappa shape index (κ1) is 22.6. The Kier molecular flexibility index (Phi) is 5.96. The van der Waals surface area contributed by atoms with Crippen LogP contribution in [0.15, 0.2) is 64.4 Å². The molecule has 164 valence electrons. The molecule has 3 rings (SSSR count). The lowest BCUT2D eigenvalue weighted by Crippen LogP contribution is -2.18. The van der Waals surface area contributed by atoms with Gasteiger partial charge in [0.25, 0.3) is 20.0 Å². The van der Waals surface area contributed by atoms with Gasteiger partial charge in [-0.3, -0.25) is 9.44 Å². The molecule has 0 aliphatic rings. The van der Waals surface area contributed by atoms with Crippen LogP contribution >= 0.6 is 0 Å². The molecule has 3 aromatic carbocycles. The van der Waals surface area contributed by atoms with Crippen molar-refractivity contribution in [2.75, 3.05) is 9.44 Å². The van der Waals surface area contributed by atoms with Gasteiger partial charge in [0.2, 0.25) is 0 Å². The molecule has 6 nitrogen and oxygen atoms in total. The third-order valence-electron chi connectivity index (χ3n) is 4.12. The van der Waals surface area contributed by atoms with Crippen LogP contribution in [0.4, 0.5) is 28.9 Å². The maximum atomic E-state index is 13.9. The highest BCUT2D eigenvalue weighted by molar-refractivity contribution is 7.93. The Morgan fingerprint density at radius 2 is 1.19 bits per heavy atom. The van der Waals surface area contributed by atoms with Crippen LogP contribution in [0.1, 0.15) is 5.56 Å². The summed E-state index contributed by atoms with van der Waals surface area (Å²) in [7, 11) is -8.92. The predicted molar refractivity (Wildman–Crippen MR) is 106 cm³/mol. The van der Waals surface area contributed by atoms with Gasteiger partial charge in [-0.25, -0.2) is 34.4 Å². The van der Waals surface area contributed by atoms with Crippen molar-refractivity contribution in [2.24, 2.45) is 0 Å². The van der Waals surface area contributed by atoms with Crippen LogP contribution in [0.25, 0.3) is 0 Å². The van der Waals surface area contributed by atoms with Gasteiger partial charge in [0.05, 0.1) is 10.6 Å². The van der Waals surface area contributed by atoms with E-state index < -0.39 is 48.2 Å².